The number of carbonyl (C=O) groups excluding carboxylic acids is 1. The van der Waals surface area contributed by atoms with Gasteiger partial charge in [-0.1, -0.05) is 60.6 Å². The zero-order valence-corrected chi connectivity index (χ0v) is 21.3. The van der Waals surface area contributed by atoms with E-state index in [1.165, 1.54) is 11.8 Å². The predicted octanol–water partition coefficient (Wildman–Crippen LogP) is 4.15. The number of para-hydroxylation sites is 1. The minimum Gasteiger partial charge on any atom is -0.335 e. The van der Waals surface area contributed by atoms with Crippen LogP contribution in [0.15, 0.2) is 59.8 Å². The standard InChI is InChI=1S/C25H30N4O3S2/c1-4-19(3)28(22-13-14-34(31,32)17-22)23(30)16-33-25-27-26-24(20-10-8-9-18(2)15-20)29(25)21-11-6-5-7-12-21/h5-12,15,19,22H,4,13-14,16-17H2,1-3H3/t19-,22+/m0/s1. The van der Waals surface area contributed by atoms with Gasteiger partial charge in [0.25, 0.3) is 0 Å². The molecule has 1 saturated heterocycles. The molecule has 0 radical (unpaired) electrons. The molecule has 9 heteroatoms. The molecule has 2 aromatic carbocycles. The van der Waals surface area contributed by atoms with E-state index in [9.17, 15) is 13.2 Å². The highest BCUT2D eigenvalue weighted by Gasteiger charge is 2.36. The number of rotatable bonds is 8. The fourth-order valence-corrected chi connectivity index (χ4v) is 6.88. The Kier molecular flexibility index (Phi) is 7.42. The Labute approximate surface area is 205 Å². The van der Waals surface area contributed by atoms with E-state index in [2.05, 4.69) is 16.3 Å². The molecule has 7 nitrogen and oxygen atoms in total. The summed E-state index contributed by atoms with van der Waals surface area (Å²) in [5, 5.41) is 9.51. The SMILES string of the molecule is CC[C@H](C)N(C(=O)CSc1nnc(-c2cccc(C)c2)n1-c1ccccc1)[C@@H]1CCS(=O)(=O)C1. The Morgan fingerprint density at radius 1 is 1.18 bits per heavy atom. The molecule has 0 N–H and O–H groups in total. The maximum atomic E-state index is 13.3. The van der Waals surface area contributed by atoms with Crippen LogP contribution in [-0.4, -0.2) is 63.3 Å². The molecule has 0 saturated carbocycles. The third-order valence-electron chi connectivity index (χ3n) is 6.20. The number of hydrogen-bond donors (Lipinski definition) is 0. The molecule has 1 aromatic heterocycles. The molecule has 1 fully saturated rings. The maximum Gasteiger partial charge on any atom is 0.233 e. The van der Waals surface area contributed by atoms with Crippen LogP contribution < -0.4 is 0 Å². The average Bonchev–Trinajstić information content (AvgIpc) is 3.41. The van der Waals surface area contributed by atoms with E-state index >= 15 is 0 Å². The van der Waals surface area contributed by atoms with Crippen molar-refractivity contribution in [2.75, 3.05) is 17.3 Å². The first-order chi connectivity index (χ1) is 16.3. The Morgan fingerprint density at radius 2 is 1.94 bits per heavy atom. The van der Waals surface area contributed by atoms with Crippen molar-refractivity contribution in [1.82, 2.24) is 19.7 Å². The van der Waals surface area contributed by atoms with Crippen LogP contribution in [0.5, 0.6) is 0 Å². The lowest BCUT2D eigenvalue weighted by molar-refractivity contribution is -0.132. The number of aryl methyl sites for hydroxylation is 1. The quantitative estimate of drug-likeness (QED) is 0.434. The molecule has 0 aliphatic carbocycles. The van der Waals surface area contributed by atoms with Crippen molar-refractivity contribution in [3.05, 3.63) is 60.2 Å². The van der Waals surface area contributed by atoms with Gasteiger partial charge < -0.3 is 4.90 Å². The second-order valence-corrected chi connectivity index (χ2v) is 11.9. The summed E-state index contributed by atoms with van der Waals surface area (Å²) in [6.45, 7) is 6.03. The molecule has 2 atom stereocenters. The van der Waals surface area contributed by atoms with Gasteiger partial charge in [0.2, 0.25) is 5.91 Å². The highest BCUT2D eigenvalue weighted by molar-refractivity contribution is 7.99. The largest absolute Gasteiger partial charge is 0.335 e. The van der Waals surface area contributed by atoms with Crippen LogP contribution in [0.2, 0.25) is 0 Å². The van der Waals surface area contributed by atoms with Crippen molar-refractivity contribution in [3.63, 3.8) is 0 Å². The lowest BCUT2D eigenvalue weighted by atomic mass is 10.1. The van der Waals surface area contributed by atoms with Crippen molar-refractivity contribution in [2.24, 2.45) is 0 Å². The summed E-state index contributed by atoms with van der Waals surface area (Å²) in [7, 11) is -3.08. The number of nitrogens with zero attached hydrogens (tertiary/aromatic N) is 4. The van der Waals surface area contributed by atoms with Gasteiger partial charge in [-0.05, 0) is 44.9 Å². The molecule has 1 aliphatic heterocycles. The molecule has 180 valence electrons. The highest BCUT2D eigenvalue weighted by atomic mass is 32.2. The minimum absolute atomic E-state index is 0.0266. The van der Waals surface area contributed by atoms with E-state index in [-0.39, 0.29) is 35.2 Å². The van der Waals surface area contributed by atoms with E-state index < -0.39 is 9.84 Å². The van der Waals surface area contributed by atoms with Crippen LogP contribution in [0.25, 0.3) is 17.1 Å². The van der Waals surface area contributed by atoms with Gasteiger partial charge in [-0.25, -0.2) is 8.42 Å². The van der Waals surface area contributed by atoms with Crippen LogP contribution >= 0.6 is 11.8 Å². The summed E-state index contributed by atoms with van der Waals surface area (Å²) in [6, 6.07) is 17.7. The predicted molar refractivity (Wildman–Crippen MR) is 136 cm³/mol. The minimum atomic E-state index is -3.08. The summed E-state index contributed by atoms with van der Waals surface area (Å²) < 4.78 is 26.1. The summed E-state index contributed by atoms with van der Waals surface area (Å²) in [6.07, 6.45) is 1.27. The van der Waals surface area contributed by atoms with Gasteiger partial charge in [-0.3, -0.25) is 9.36 Å². The first-order valence-electron chi connectivity index (χ1n) is 11.5. The van der Waals surface area contributed by atoms with E-state index in [0.717, 1.165) is 23.2 Å². The fourth-order valence-electron chi connectivity index (χ4n) is 4.35. The van der Waals surface area contributed by atoms with Crippen molar-refractivity contribution in [3.8, 4) is 17.1 Å². The summed E-state index contributed by atoms with van der Waals surface area (Å²) >= 11 is 1.33. The zero-order chi connectivity index (χ0) is 24.3. The second kappa shape index (κ2) is 10.3. The van der Waals surface area contributed by atoms with Gasteiger partial charge in [0.05, 0.1) is 17.3 Å². The molecule has 34 heavy (non-hydrogen) atoms. The van der Waals surface area contributed by atoms with Crippen LogP contribution in [-0.2, 0) is 14.6 Å². The monoisotopic (exact) mass is 498 g/mol. The molecule has 1 amide bonds. The molecule has 3 aromatic rings. The van der Waals surface area contributed by atoms with E-state index in [1.807, 2.05) is 73.9 Å². The normalized spacial score (nSPS) is 18.0. The van der Waals surface area contributed by atoms with Crippen molar-refractivity contribution >= 4 is 27.5 Å². The van der Waals surface area contributed by atoms with Gasteiger partial charge in [-0.15, -0.1) is 10.2 Å². The number of carbonyl (C=O) groups is 1. The van der Waals surface area contributed by atoms with E-state index in [1.54, 1.807) is 4.90 Å². The highest BCUT2D eigenvalue weighted by Crippen LogP contribution is 2.29. The molecule has 4 rings (SSSR count). The summed E-state index contributed by atoms with van der Waals surface area (Å²) in [5.41, 5.74) is 2.99. The van der Waals surface area contributed by atoms with Gasteiger partial charge in [0, 0.05) is 23.3 Å². The lowest BCUT2D eigenvalue weighted by Gasteiger charge is -2.33. The number of thioether (sulfide) groups is 1. The van der Waals surface area contributed by atoms with Crippen molar-refractivity contribution in [2.45, 2.75) is 50.9 Å². The molecular formula is C25H30N4O3S2. The van der Waals surface area contributed by atoms with E-state index in [4.69, 9.17) is 0 Å². The lowest BCUT2D eigenvalue weighted by Crippen LogP contribution is -2.47. The first kappa shape index (κ1) is 24.5. The number of benzene rings is 2. The van der Waals surface area contributed by atoms with Crippen LogP contribution in [0.1, 0.15) is 32.3 Å². The Morgan fingerprint density at radius 3 is 2.59 bits per heavy atom. The zero-order valence-electron chi connectivity index (χ0n) is 19.7. The third kappa shape index (κ3) is 5.36. The Bertz CT molecular complexity index is 1260. The average molecular weight is 499 g/mol. The molecular weight excluding hydrogens is 468 g/mol. The fraction of sp³-hybridized carbons (Fsp3) is 0.400. The van der Waals surface area contributed by atoms with Gasteiger partial charge >= 0.3 is 0 Å². The second-order valence-electron chi connectivity index (χ2n) is 8.75. The number of aromatic nitrogens is 3. The van der Waals surface area contributed by atoms with Crippen LogP contribution in [0.4, 0.5) is 0 Å². The summed E-state index contributed by atoms with van der Waals surface area (Å²) in [4.78, 5) is 15.1. The topological polar surface area (TPSA) is 85.2 Å². The maximum absolute atomic E-state index is 13.3. The van der Waals surface area contributed by atoms with Crippen LogP contribution in [0.3, 0.4) is 0 Å². The first-order valence-corrected chi connectivity index (χ1v) is 14.3. The Balaban J connectivity index is 1.62. The molecule has 0 bridgehead atoms. The third-order valence-corrected chi connectivity index (χ3v) is 8.87. The molecule has 2 heterocycles. The molecule has 0 unspecified atom stereocenters. The van der Waals surface area contributed by atoms with Crippen LogP contribution in [0, 0.1) is 6.92 Å². The van der Waals surface area contributed by atoms with E-state index in [0.29, 0.717) is 17.4 Å². The smallest absolute Gasteiger partial charge is 0.233 e. The molecule has 1 aliphatic rings. The molecule has 0 spiro atoms. The van der Waals surface area contributed by atoms with Crippen molar-refractivity contribution in [1.29, 1.82) is 0 Å². The van der Waals surface area contributed by atoms with Crippen molar-refractivity contribution < 1.29 is 13.2 Å². The Hall–Kier alpha value is -2.65. The summed E-state index contributed by atoms with van der Waals surface area (Å²) in [5.74, 6) is 1.00. The number of sulfone groups is 1. The number of amides is 1. The van der Waals surface area contributed by atoms with Gasteiger partial charge in [-0.2, -0.15) is 0 Å². The van der Waals surface area contributed by atoms with Gasteiger partial charge in [0.1, 0.15) is 0 Å². The number of hydrogen-bond acceptors (Lipinski definition) is 6. The van der Waals surface area contributed by atoms with Gasteiger partial charge in [0.15, 0.2) is 20.8 Å².